The molecule has 0 saturated heterocycles. The number of hydrogen-bond acceptors (Lipinski definition) is 3. The zero-order valence-electron chi connectivity index (χ0n) is 15.6. The summed E-state index contributed by atoms with van der Waals surface area (Å²) in [6.07, 6.45) is 4.68. The van der Waals surface area contributed by atoms with Crippen molar-refractivity contribution in [2.75, 3.05) is 6.54 Å². The molecule has 0 bridgehead atoms. The first-order valence-corrected chi connectivity index (χ1v) is 9.88. The third kappa shape index (κ3) is 4.50. The summed E-state index contributed by atoms with van der Waals surface area (Å²) < 4.78 is 1.89. The molecule has 3 rings (SSSR count). The molecule has 0 unspecified atom stereocenters. The topological polar surface area (TPSA) is 76.0 Å². The summed E-state index contributed by atoms with van der Waals surface area (Å²) >= 11 is 6.15. The van der Waals surface area contributed by atoms with Crippen molar-refractivity contribution < 1.29 is 9.59 Å². The van der Waals surface area contributed by atoms with Crippen LogP contribution in [0.15, 0.2) is 24.3 Å². The molecule has 0 saturated carbocycles. The molecule has 6 nitrogen and oxygen atoms in total. The maximum Gasteiger partial charge on any atom is 0.287 e. The molecular weight excluding hydrogens is 364 g/mol. The minimum absolute atomic E-state index is 0.195. The Bertz CT molecular complexity index is 831. The number of carbonyl (C=O) groups is 2. The SMILES string of the molecule is CCCCNC(=O)c1nc(C(=O)NCc2ccccc2Cl)n2c1CCCC2. The molecule has 144 valence electrons. The van der Waals surface area contributed by atoms with Gasteiger partial charge in [-0.1, -0.05) is 43.1 Å². The number of nitrogens with zero attached hydrogens (tertiary/aromatic N) is 2. The molecule has 1 aromatic heterocycles. The summed E-state index contributed by atoms with van der Waals surface area (Å²) in [5.41, 5.74) is 2.09. The lowest BCUT2D eigenvalue weighted by molar-refractivity contribution is 0.0935. The Morgan fingerprint density at radius 2 is 2.00 bits per heavy atom. The van der Waals surface area contributed by atoms with Gasteiger partial charge in [-0.05, 0) is 37.3 Å². The molecule has 2 heterocycles. The molecule has 0 radical (unpaired) electrons. The first kappa shape index (κ1) is 19.4. The fraction of sp³-hybridized carbons (Fsp3) is 0.450. The Morgan fingerprint density at radius 3 is 2.78 bits per heavy atom. The molecule has 0 aliphatic carbocycles. The molecule has 1 aliphatic heterocycles. The number of imidazole rings is 1. The van der Waals surface area contributed by atoms with Crippen LogP contribution in [0.25, 0.3) is 0 Å². The van der Waals surface area contributed by atoms with E-state index < -0.39 is 0 Å². The van der Waals surface area contributed by atoms with Gasteiger partial charge in [-0.25, -0.2) is 4.98 Å². The molecule has 7 heteroatoms. The van der Waals surface area contributed by atoms with Crippen molar-refractivity contribution in [3.63, 3.8) is 0 Å². The van der Waals surface area contributed by atoms with Gasteiger partial charge in [-0.15, -0.1) is 0 Å². The van der Waals surface area contributed by atoms with E-state index in [-0.39, 0.29) is 11.8 Å². The predicted molar refractivity (Wildman–Crippen MR) is 105 cm³/mol. The van der Waals surface area contributed by atoms with Crippen LogP contribution >= 0.6 is 11.6 Å². The second-order valence-electron chi connectivity index (χ2n) is 6.72. The van der Waals surface area contributed by atoms with Gasteiger partial charge in [0.15, 0.2) is 5.82 Å². The van der Waals surface area contributed by atoms with Crippen molar-refractivity contribution in [1.29, 1.82) is 0 Å². The van der Waals surface area contributed by atoms with Crippen LogP contribution in [0.2, 0.25) is 5.02 Å². The van der Waals surface area contributed by atoms with Gasteiger partial charge in [0.25, 0.3) is 11.8 Å². The Balaban J connectivity index is 1.77. The summed E-state index contributed by atoms with van der Waals surface area (Å²) in [7, 11) is 0. The van der Waals surface area contributed by atoms with Crippen molar-refractivity contribution in [2.45, 2.75) is 52.1 Å². The molecule has 1 aromatic carbocycles. The summed E-state index contributed by atoms with van der Waals surface area (Å²) in [5.74, 6) is -0.178. The van der Waals surface area contributed by atoms with E-state index in [1.54, 1.807) is 6.07 Å². The molecule has 2 amide bonds. The minimum Gasteiger partial charge on any atom is -0.351 e. The lowest BCUT2D eigenvalue weighted by Crippen LogP contribution is -2.27. The Morgan fingerprint density at radius 1 is 1.19 bits per heavy atom. The fourth-order valence-corrected chi connectivity index (χ4v) is 3.46. The third-order valence-corrected chi connectivity index (χ3v) is 5.12. The molecular formula is C20H25ClN4O2. The summed E-state index contributed by atoms with van der Waals surface area (Å²) in [4.78, 5) is 29.7. The summed E-state index contributed by atoms with van der Waals surface area (Å²) in [6, 6.07) is 7.39. The third-order valence-electron chi connectivity index (χ3n) is 4.75. The molecule has 27 heavy (non-hydrogen) atoms. The van der Waals surface area contributed by atoms with E-state index in [4.69, 9.17) is 11.6 Å². The van der Waals surface area contributed by atoms with Gasteiger partial charge in [0.1, 0.15) is 5.69 Å². The molecule has 1 aliphatic rings. The van der Waals surface area contributed by atoms with E-state index in [2.05, 4.69) is 22.5 Å². The Kier molecular flexibility index (Phi) is 6.50. The first-order valence-electron chi connectivity index (χ1n) is 9.51. The van der Waals surface area contributed by atoms with Crippen molar-refractivity contribution in [1.82, 2.24) is 20.2 Å². The van der Waals surface area contributed by atoms with Crippen LogP contribution in [-0.4, -0.2) is 27.9 Å². The lowest BCUT2D eigenvalue weighted by atomic mass is 10.1. The van der Waals surface area contributed by atoms with Crippen molar-refractivity contribution in [3.8, 4) is 0 Å². The zero-order chi connectivity index (χ0) is 19.2. The number of rotatable bonds is 7. The number of amides is 2. The first-order chi connectivity index (χ1) is 13.1. The van der Waals surface area contributed by atoms with Gasteiger partial charge in [0.05, 0.1) is 5.69 Å². The highest BCUT2D eigenvalue weighted by molar-refractivity contribution is 6.31. The van der Waals surface area contributed by atoms with Crippen LogP contribution < -0.4 is 10.6 Å². The molecule has 0 atom stereocenters. The van der Waals surface area contributed by atoms with Crippen LogP contribution in [0.1, 0.15) is 65.0 Å². The van der Waals surface area contributed by atoms with Crippen LogP contribution in [0, 0.1) is 0 Å². The number of hydrogen-bond donors (Lipinski definition) is 2. The van der Waals surface area contributed by atoms with Gasteiger partial charge < -0.3 is 15.2 Å². The number of carbonyl (C=O) groups excluding carboxylic acids is 2. The maximum atomic E-state index is 12.7. The van der Waals surface area contributed by atoms with Crippen LogP contribution in [0.5, 0.6) is 0 Å². The van der Waals surface area contributed by atoms with Crippen LogP contribution in [-0.2, 0) is 19.5 Å². The number of fused-ring (bicyclic) bond motifs is 1. The van der Waals surface area contributed by atoms with Gasteiger partial charge in [0, 0.05) is 24.7 Å². The van der Waals surface area contributed by atoms with E-state index >= 15 is 0 Å². The number of unbranched alkanes of at least 4 members (excludes halogenated alkanes) is 1. The van der Waals surface area contributed by atoms with Crippen molar-refractivity contribution in [3.05, 3.63) is 52.1 Å². The minimum atomic E-state index is -0.286. The smallest absolute Gasteiger partial charge is 0.287 e. The largest absolute Gasteiger partial charge is 0.351 e. The molecule has 2 aromatic rings. The Hall–Kier alpha value is -2.34. The van der Waals surface area contributed by atoms with Crippen molar-refractivity contribution >= 4 is 23.4 Å². The standard InChI is InChI=1S/C20H25ClN4O2/c1-2-3-11-22-19(26)17-16-10-6-7-12-25(16)18(24-17)20(27)23-13-14-8-4-5-9-15(14)21/h4-5,8-9H,2-3,6-7,10-13H2,1H3,(H,22,26)(H,23,27). The van der Waals surface area contributed by atoms with Crippen LogP contribution in [0.4, 0.5) is 0 Å². The molecule has 0 fully saturated rings. The van der Waals surface area contributed by atoms with Gasteiger partial charge in [-0.2, -0.15) is 0 Å². The summed E-state index contributed by atoms with van der Waals surface area (Å²) in [5, 5.41) is 6.39. The monoisotopic (exact) mass is 388 g/mol. The normalized spacial score (nSPS) is 13.1. The molecule has 0 spiro atoms. The number of benzene rings is 1. The van der Waals surface area contributed by atoms with E-state index in [9.17, 15) is 9.59 Å². The van der Waals surface area contributed by atoms with E-state index in [0.29, 0.717) is 36.2 Å². The zero-order valence-corrected chi connectivity index (χ0v) is 16.3. The average Bonchev–Trinajstić information content (AvgIpc) is 3.07. The fourth-order valence-electron chi connectivity index (χ4n) is 3.26. The Labute approximate surface area is 164 Å². The van der Waals surface area contributed by atoms with Gasteiger partial charge >= 0.3 is 0 Å². The van der Waals surface area contributed by atoms with Gasteiger partial charge in [-0.3, -0.25) is 9.59 Å². The molecule has 2 N–H and O–H groups in total. The van der Waals surface area contributed by atoms with E-state index in [1.807, 2.05) is 22.8 Å². The average molecular weight is 389 g/mol. The number of aromatic nitrogens is 2. The second kappa shape index (κ2) is 9.04. The highest BCUT2D eigenvalue weighted by atomic mass is 35.5. The lowest BCUT2D eigenvalue weighted by Gasteiger charge is -2.17. The van der Waals surface area contributed by atoms with Crippen LogP contribution in [0.3, 0.4) is 0 Å². The summed E-state index contributed by atoms with van der Waals surface area (Å²) in [6.45, 7) is 3.72. The predicted octanol–water partition coefficient (Wildman–Crippen LogP) is 3.33. The van der Waals surface area contributed by atoms with Crippen molar-refractivity contribution in [2.24, 2.45) is 0 Å². The maximum absolute atomic E-state index is 12.7. The second-order valence-corrected chi connectivity index (χ2v) is 7.13. The number of halogens is 1. The van der Waals surface area contributed by atoms with E-state index in [1.165, 1.54) is 0 Å². The van der Waals surface area contributed by atoms with Gasteiger partial charge in [0.2, 0.25) is 0 Å². The number of nitrogens with one attached hydrogen (secondary N) is 2. The van der Waals surface area contributed by atoms with E-state index in [0.717, 1.165) is 43.4 Å². The highest BCUT2D eigenvalue weighted by Gasteiger charge is 2.27. The quantitative estimate of drug-likeness (QED) is 0.714. The highest BCUT2D eigenvalue weighted by Crippen LogP contribution is 2.21.